The van der Waals surface area contributed by atoms with Gasteiger partial charge in [-0.2, -0.15) is 10.5 Å². The lowest BCUT2D eigenvalue weighted by Crippen LogP contribution is -2.05. The maximum Gasteiger partial charge on any atom is 0.0700 e. The minimum Gasteiger partial charge on any atom is -0.159 e. The highest BCUT2D eigenvalue weighted by atomic mass is 15.3. The van der Waals surface area contributed by atoms with Gasteiger partial charge in [-0.25, -0.2) is 0 Å². The molecule has 0 fully saturated rings. The Hall–Kier alpha value is -0.790. The van der Waals surface area contributed by atoms with E-state index in [-0.39, 0.29) is 0 Å². The summed E-state index contributed by atoms with van der Waals surface area (Å²) < 4.78 is 0. The highest BCUT2D eigenvalue weighted by molar-refractivity contribution is 6.01. The largest absolute Gasteiger partial charge is 0.159 e. The number of nitrogens with zero attached hydrogens (tertiary/aromatic N) is 2. The van der Waals surface area contributed by atoms with Gasteiger partial charge in [-0.1, -0.05) is 13.8 Å². The van der Waals surface area contributed by atoms with Crippen molar-refractivity contribution in [2.24, 2.45) is 11.0 Å². The van der Waals surface area contributed by atoms with Gasteiger partial charge in [-0.3, -0.25) is 0 Å². The van der Waals surface area contributed by atoms with Crippen molar-refractivity contribution in [2.45, 2.75) is 20.8 Å². The third-order valence-electron chi connectivity index (χ3n) is 1.37. The van der Waals surface area contributed by atoms with Gasteiger partial charge in [-0.05, 0) is 18.4 Å². The van der Waals surface area contributed by atoms with Gasteiger partial charge >= 0.3 is 0 Å². The van der Waals surface area contributed by atoms with Crippen LogP contribution in [0.5, 0.6) is 0 Å². The first-order valence-corrected chi connectivity index (χ1v) is 3.16. The first-order valence-electron chi connectivity index (χ1n) is 3.16. The maximum absolute atomic E-state index is 3.97. The molecular weight excluding hydrogens is 112 g/mol. The molecule has 9 heavy (non-hydrogen) atoms. The Bertz CT molecular complexity index is 166. The molecule has 1 radical (unpaired) electrons. The average molecular weight is 123 g/mol. The molecule has 1 aliphatic heterocycles. The summed E-state index contributed by atoms with van der Waals surface area (Å²) in [4.78, 5) is 0. The smallest absolute Gasteiger partial charge is 0.0700 e. The summed E-state index contributed by atoms with van der Waals surface area (Å²) in [6.45, 7) is 6.28. The van der Waals surface area contributed by atoms with E-state index in [4.69, 9.17) is 0 Å². The van der Waals surface area contributed by atoms with Gasteiger partial charge in [0.2, 0.25) is 0 Å². The average Bonchev–Trinajstić information content (AvgIpc) is 2.13. The van der Waals surface area contributed by atoms with Crippen LogP contribution in [0.15, 0.2) is 16.9 Å². The molecule has 0 atom stereocenters. The van der Waals surface area contributed by atoms with Gasteiger partial charge in [0.1, 0.15) is 0 Å². The molecule has 0 unspecified atom stereocenters. The first kappa shape index (κ1) is 6.33. The van der Waals surface area contributed by atoms with E-state index in [1.807, 2.05) is 6.92 Å². The van der Waals surface area contributed by atoms with Crippen LogP contribution in [-0.4, -0.2) is 5.71 Å². The summed E-state index contributed by atoms with van der Waals surface area (Å²) in [7, 11) is 0. The van der Waals surface area contributed by atoms with Crippen LogP contribution < -0.4 is 5.43 Å². The normalized spacial score (nSPS) is 17.3. The Morgan fingerprint density at radius 3 is 2.33 bits per heavy atom. The van der Waals surface area contributed by atoms with Crippen LogP contribution >= 0.6 is 0 Å². The van der Waals surface area contributed by atoms with Gasteiger partial charge in [-0.15, -0.1) is 0 Å². The lowest BCUT2D eigenvalue weighted by Gasteiger charge is -2.01. The van der Waals surface area contributed by atoms with E-state index >= 15 is 0 Å². The van der Waals surface area contributed by atoms with Crippen molar-refractivity contribution in [3.8, 4) is 0 Å². The number of rotatable bonds is 1. The van der Waals surface area contributed by atoms with E-state index in [9.17, 15) is 0 Å². The summed E-state index contributed by atoms with van der Waals surface area (Å²) in [5.74, 6) is 0.507. The third kappa shape index (κ3) is 1.12. The predicted octanol–water partition coefficient (Wildman–Crippen LogP) is 1.52. The zero-order valence-corrected chi connectivity index (χ0v) is 6.05. The number of allylic oxidation sites excluding steroid dienone is 1. The molecule has 0 bridgehead atoms. The molecule has 1 heterocycles. The van der Waals surface area contributed by atoms with Gasteiger partial charge in [0.25, 0.3) is 0 Å². The SMILES string of the molecule is CC1=C[N]N=C1C(C)C. The van der Waals surface area contributed by atoms with Crippen molar-refractivity contribution in [2.75, 3.05) is 0 Å². The molecule has 2 nitrogen and oxygen atoms in total. The van der Waals surface area contributed by atoms with Crippen molar-refractivity contribution in [3.05, 3.63) is 11.8 Å². The molecule has 1 aliphatic rings. The zero-order valence-electron chi connectivity index (χ0n) is 6.05. The second-order valence-electron chi connectivity index (χ2n) is 2.57. The van der Waals surface area contributed by atoms with Crippen molar-refractivity contribution in [3.63, 3.8) is 0 Å². The van der Waals surface area contributed by atoms with E-state index in [2.05, 4.69) is 24.4 Å². The van der Waals surface area contributed by atoms with E-state index in [1.54, 1.807) is 6.20 Å². The highest BCUT2D eigenvalue weighted by Crippen LogP contribution is 2.10. The van der Waals surface area contributed by atoms with Crippen LogP contribution in [0.2, 0.25) is 0 Å². The summed E-state index contributed by atoms with van der Waals surface area (Å²) in [5.41, 5.74) is 6.11. The van der Waals surface area contributed by atoms with Crippen LogP contribution in [0.4, 0.5) is 0 Å². The third-order valence-corrected chi connectivity index (χ3v) is 1.37. The van der Waals surface area contributed by atoms with E-state index in [1.165, 1.54) is 5.57 Å². The number of hydrogen-bond donors (Lipinski definition) is 0. The second kappa shape index (κ2) is 2.21. The van der Waals surface area contributed by atoms with E-state index in [0.29, 0.717) is 5.92 Å². The Labute approximate surface area is 55.6 Å². The Morgan fingerprint density at radius 2 is 2.11 bits per heavy atom. The monoisotopic (exact) mass is 123 g/mol. The van der Waals surface area contributed by atoms with Crippen LogP contribution in [0.1, 0.15) is 20.8 Å². The summed E-state index contributed by atoms with van der Waals surface area (Å²) in [6, 6.07) is 0. The molecule has 0 saturated heterocycles. The fourth-order valence-electron chi connectivity index (χ4n) is 0.893. The van der Waals surface area contributed by atoms with Crippen molar-refractivity contribution in [1.29, 1.82) is 0 Å². The summed E-state index contributed by atoms with van der Waals surface area (Å²) in [5, 5.41) is 3.97. The van der Waals surface area contributed by atoms with Gasteiger partial charge in [0, 0.05) is 0 Å². The topological polar surface area (TPSA) is 26.5 Å². The van der Waals surface area contributed by atoms with Crippen LogP contribution in [0, 0.1) is 5.92 Å². The number of hydrogen-bond acceptors (Lipinski definition) is 1. The first-order chi connectivity index (χ1) is 4.22. The zero-order chi connectivity index (χ0) is 6.85. The van der Waals surface area contributed by atoms with Gasteiger partial charge in [0.05, 0.1) is 11.9 Å². The van der Waals surface area contributed by atoms with Gasteiger partial charge in [0.15, 0.2) is 0 Å². The molecule has 0 saturated carbocycles. The van der Waals surface area contributed by atoms with Crippen molar-refractivity contribution in [1.82, 2.24) is 5.43 Å². The maximum atomic E-state index is 3.97. The molecule has 0 aromatic carbocycles. The van der Waals surface area contributed by atoms with Crippen molar-refractivity contribution < 1.29 is 0 Å². The predicted molar refractivity (Wildman–Crippen MR) is 38.2 cm³/mol. The quantitative estimate of drug-likeness (QED) is 0.505. The minimum absolute atomic E-state index is 0.507. The van der Waals surface area contributed by atoms with Crippen LogP contribution in [0.3, 0.4) is 0 Å². The lowest BCUT2D eigenvalue weighted by atomic mass is 10.0. The van der Waals surface area contributed by atoms with Crippen LogP contribution in [0.25, 0.3) is 0 Å². The van der Waals surface area contributed by atoms with E-state index < -0.39 is 0 Å². The molecule has 2 heteroatoms. The fourth-order valence-corrected chi connectivity index (χ4v) is 0.893. The second-order valence-corrected chi connectivity index (χ2v) is 2.57. The molecule has 0 aliphatic carbocycles. The molecule has 0 N–H and O–H groups in total. The van der Waals surface area contributed by atoms with E-state index in [0.717, 1.165) is 5.71 Å². The molecule has 1 rings (SSSR count). The molecule has 49 valence electrons. The van der Waals surface area contributed by atoms with Gasteiger partial charge < -0.3 is 0 Å². The molecular formula is C7H11N2. The Kier molecular flexibility index (Phi) is 1.56. The Morgan fingerprint density at radius 1 is 1.44 bits per heavy atom. The Balaban J connectivity index is 2.72. The highest BCUT2D eigenvalue weighted by Gasteiger charge is 2.11. The van der Waals surface area contributed by atoms with Crippen molar-refractivity contribution >= 4 is 5.71 Å². The molecule has 0 spiro atoms. The molecule has 0 aromatic rings. The standard InChI is InChI=1S/C7H11N2/c1-5(2)7-6(3)4-8-9-7/h4-5H,1-3H3. The summed E-state index contributed by atoms with van der Waals surface area (Å²) in [6.07, 6.45) is 1.80. The molecule has 0 amide bonds. The van der Waals surface area contributed by atoms with Crippen LogP contribution in [-0.2, 0) is 0 Å². The lowest BCUT2D eigenvalue weighted by molar-refractivity contribution is 0.863. The molecule has 0 aromatic heterocycles. The fraction of sp³-hybridized carbons (Fsp3) is 0.571. The minimum atomic E-state index is 0.507. The summed E-state index contributed by atoms with van der Waals surface area (Å²) >= 11 is 0.